The maximum atomic E-state index is 9.51. The highest BCUT2D eigenvalue weighted by molar-refractivity contribution is 5.53. The summed E-state index contributed by atoms with van der Waals surface area (Å²) in [5.74, 6) is 0.791. The first-order valence-corrected chi connectivity index (χ1v) is 5.10. The number of anilines is 1. The highest BCUT2D eigenvalue weighted by Gasteiger charge is 2.12. The van der Waals surface area contributed by atoms with Crippen LogP contribution in [-0.2, 0) is 0 Å². The van der Waals surface area contributed by atoms with Gasteiger partial charge in [-0.05, 0) is 32.9 Å². The van der Waals surface area contributed by atoms with Gasteiger partial charge in [-0.1, -0.05) is 6.07 Å². The normalized spacial score (nSPS) is 11.5. The van der Waals surface area contributed by atoms with Crippen molar-refractivity contribution in [3.63, 3.8) is 0 Å². The Balaban J connectivity index is 2.55. The lowest BCUT2D eigenvalue weighted by Gasteiger charge is -2.18. The zero-order valence-electron chi connectivity index (χ0n) is 9.58. The molecular formula is C12H19NO2. The second-order valence-corrected chi connectivity index (χ2v) is 4.38. The van der Waals surface area contributed by atoms with Gasteiger partial charge < -0.3 is 15.6 Å². The van der Waals surface area contributed by atoms with Crippen molar-refractivity contribution in [1.29, 1.82) is 0 Å². The molecule has 0 aliphatic carbocycles. The van der Waals surface area contributed by atoms with Crippen molar-refractivity contribution in [3.05, 3.63) is 23.8 Å². The first-order valence-electron chi connectivity index (χ1n) is 5.10. The molecule has 0 radical (unpaired) electrons. The van der Waals surface area contributed by atoms with Gasteiger partial charge in [0.1, 0.15) is 5.75 Å². The topological polar surface area (TPSA) is 55.5 Å². The van der Waals surface area contributed by atoms with Crippen molar-refractivity contribution in [1.82, 2.24) is 0 Å². The predicted octanol–water partition coefficient (Wildman–Crippen LogP) is 2.12. The molecule has 3 N–H and O–H groups in total. The van der Waals surface area contributed by atoms with Gasteiger partial charge in [0.05, 0.1) is 12.2 Å². The molecule has 0 aliphatic heterocycles. The zero-order chi connectivity index (χ0) is 11.5. The number of hydrogen-bond acceptors (Lipinski definition) is 3. The number of nitrogens with two attached hydrogens (primary N) is 1. The van der Waals surface area contributed by atoms with E-state index in [4.69, 9.17) is 10.5 Å². The molecule has 15 heavy (non-hydrogen) atoms. The average Bonchev–Trinajstić information content (AvgIpc) is 2.10. The summed E-state index contributed by atoms with van der Waals surface area (Å²) >= 11 is 0. The molecule has 84 valence electrons. The minimum atomic E-state index is -0.686. The molecule has 0 unspecified atom stereocenters. The lowest BCUT2D eigenvalue weighted by molar-refractivity contribution is 0.0552. The molecule has 0 amide bonds. The fourth-order valence-corrected chi connectivity index (χ4v) is 1.20. The molecule has 0 saturated carbocycles. The van der Waals surface area contributed by atoms with Gasteiger partial charge in [0.25, 0.3) is 0 Å². The van der Waals surface area contributed by atoms with Crippen LogP contribution in [0.4, 0.5) is 5.69 Å². The van der Waals surface area contributed by atoms with Gasteiger partial charge in [-0.3, -0.25) is 0 Å². The second kappa shape index (κ2) is 4.53. The van der Waals surface area contributed by atoms with Crippen LogP contribution in [0.3, 0.4) is 0 Å². The molecule has 1 aromatic carbocycles. The summed E-state index contributed by atoms with van der Waals surface area (Å²) in [5.41, 5.74) is 6.75. The van der Waals surface area contributed by atoms with Gasteiger partial charge in [-0.25, -0.2) is 0 Å². The van der Waals surface area contributed by atoms with E-state index >= 15 is 0 Å². The summed E-state index contributed by atoms with van der Waals surface area (Å²) in [6, 6.07) is 5.59. The van der Waals surface area contributed by atoms with Gasteiger partial charge in [0, 0.05) is 17.7 Å². The van der Waals surface area contributed by atoms with Crippen molar-refractivity contribution in [2.45, 2.75) is 32.8 Å². The number of hydrogen-bond donors (Lipinski definition) is 2. The third kappa shape index (κ3) is 3.80. The highest BCUT2D eigenvalue weighted by Crippen LogP contribution is 2.23. The smallest absolute Gasteiger partial charge is 0.124 e. The standard InChI is InChI=1S/C12H19NO2/c1-9-10(13)5-4-6-11(9)15-8-7-12(2,3)14/h4-6,14H,7-8,13H2,1-3H3. The summed E-state index contributed by atoms with van der Waals surface area (Å²) in [7, 11) is 0. The molecule has 0 aromatic heterocycles. The summed E-state index contributed by atoms with van der Waals surface area (Å²) < 4.78 is 5.55. The molecule has 3 heteroatoms. The van der Waals surface area contributed by atoms with E-state index < -0.39 is 5.60 Å². The fourth-order valence-electron chi connectivity index (χ4n) is 1.20. The van der Waals surface area contributed by atoms with E-state index in [-0.39, 0.29) is 0 Å². The molecular weight excluding hydrogens is 190 g/mol. The Morgan fingerprint density at radius 2 is 2.07 bits per heavy atom. The van der Waals surface area contributed by atoms with Crippen molar-refractivity contribution < 1.29 is 9.84 Å². The zero-order valence-corrected chi connectivity index (χ0v) is 9.58. The predicted molar refractivity (Wildman–Crippen MR) is 62.0 cm³/mol. The Labute approximate surface area is 90.9 Å². The molecule has 1 aromatic rings. The second-order valence-electron chi connectivity index (χ2n) is 4.38. The highest BCUT2D eigenvalue weighted by atomic mass is 16.5. The average molecular weight is 209 g/mol. The molecule has 0 fully saturated rings. The summed E-state index contributed by atoms with van der Waals surface area (Å²) in [5, 5.41) is 9.51. The lowest BCUT2D eigenvalue weighted by Crippen LogP contribution is -2.21. The minimum Gasteiger partial charge on any atom is -0.493 e. The van der Waals surface area contributed by atoms with Crippen LogP contribution in [0.5, 0.6) is 5.75 Å². The number of nitrogen functional groups attached to an aromatic ring is 1. The van der Waals surface area contributed by atoms with E-state index in [1.54, 1.807) is 13.8 Å². The molecule has 0 atom stereocenters. The molecule has 0 saturated heterocycles. The van der Waals surface area contributed by atoms with Crippen LogP contribution in [0.2, 0.25) is 0 Å². The van der Waals surface area contributed by atoms with E-state index in [9.17, 15) is 5.11 Å². The van der Waals surface area contributed by atoms with Gasteiger partial charge in [-0.15, -0.1) is 0 Å². The molecule has 0 heterocycles. The first-order chi connectivity index (χ1) is 6.90. The Morgan fingerprint density at radius 1 is 1.40 bits per heavy atom. The summed E-state index contributed by atoms with van der Waals surface area (Å²) in [4.78, 5) is 0. The third-order valence-corrected chi connectivity index (χ3v) is 2.30. The van der Waals surface area contributed by atoms with Gasteiger partial charge in [-0.2, -0.15) is 0 Å². The van der Waals surface area contributed by atoms with Crippen molar-refractivity contribution in [2.24, 2.45) is 0 Å². The van der Waals surface area contributed by atoms with Gasteiger partial charge >= 0.3 is 0 Å². The monoisotopic (exact) mass is 209 g/mol. The Kier molecular flexibility index (Phi) is 3.58. The summed E-state index contributed by atoms with van der Waals surface area (Å²) in [6.07, 6.45) is 0.598. The maximum absolute atomic E-state index is 9.51. The Hall–Kier alpha value is -1.22. The van der Waals surface area contributed by atoms with Crippen molar-refractivity contribution >= 4 is 5.69 Å². The number of aliphatic hydroxyl groups is 1. The SMILES string of the molecule is Cc1c(N)cccc1OCCC(C)(C)O. The molecule has 0 bridgehead atoms. The van der Waals surface area contributed by atoms with Crippen LogP contribution in [0.25, 0.3) is 0 Å². The van der Waals surface area contributed by atoms with Crippen LogP contribution < -0.4 is 10.5 Å². The Morgan fingerprint density at radius 3 is 2.67 bits per heavy atom. The Bertz CT molecular complexity index is 329. The molecule has 0 aliphatic rings. The van der Waals surface area contributed by atoms with Crippen molar-refractivity contribution in [2.75, 3.05) is 12.3 Å². The minimum absolute atomic E-state index is 0.494. The summed E-state index contributed by atoms with van der Waals surface area (Å²) in [6.45, 7) is 5.95. The van der Waals surface area contributed by atoms with E-state index in [1.165, 1.54) is 0 Å². The van der Waals surface area contributed by atoms with Gasteiger partial charge in [0.15, 0.2) is 0 Å². The molecule has 1 rings (SSSR count). The third-order valence-electron chi connectivity index (χ3n) is 2.30. The van der Waals surface area contributed by atoms with Crippen LogP contribution in [0.1, 0.15) is 25.8 Å². The first kappa shape index (κ1) is 11.9. The molecule has 3 nitrogen and oxygen atoms in total. The van der Waals surface area contributed by atoms with Crippen LogP contribution in [0.15, 0.2) is 18.2 Å². The lowest BCUT2D eigenvalue weighted by atomic mass is 10.1. The van der Waals surface area contributed by atoms with Crippen LogP contribution in [0, 0.1) is 6.92 Å². The maximum Gasteiger partial charge on any atom is 0.124 e. The van der Waals surface area contributed by atoms with E-state index in [0.29, 0.717) is 13.0 Å². The van der Waals surface area contributed by atoms with Gasteiger partial charge in [0.2, 0.25) is 0 Å². The number of rotatable bonds is 4. The van der Waals surface area contributed by atoms with Crippen molar-refractivity contribution in [3.8, 4) is 5.75 Å². The number of ether oxygens (including phenoxy) is 1. The largest absolute Gasteiger partial charge is 0.493 e. The molecule has 0 spiro atoms. The quantitative estimate of drug-likeness (QED) is 0.747. The number of benzene rings is 1. The van der Waals surface area contributed by atoms with E-state index in [0.717, 1.165) is 17.0 Å². The van der Waals surface area contributed by atoms with Crippen LogP contribution >= 0.6 is 0 Å². The van der Waals surface area contributed by atoms with E-state index in [1.807, 2.05) is 25.1 Å². The van der Waals surface area contributed by atoms with E-state index in [2.05, 4.69) is 0 Å². The fraction of sp³-hybridized carbons (Fsp3) is 0.500. The van der Waals surface area contributed by atoms with Crippen LogP contribution in [-0.4, -0.2) is 17.3 Å².